The third-order valence-electron chi connectivity index (χ3n) is 6.35. The number of hydrogen-bond acceptors (Lipinski definition) is 7. The van der Waals surface area contributed by atoms with Crippen LogP contribution in [0.15, 0.2) is 30.6 Å². The maximum Gasteiger partial charge on any atom is 0.350 e. The molecule has 3 aromatic heterocycles. The van der Waals surface area contributed by atoms with Crippen molar-refractivity contribution in [2.75, 3.05) is 24.9 Å². The van der Waals surface area contributed by atoms with E-state index in [1.165, 1.54) is 23.0 Å². The third-order valence-corrected chi connectivity index (χ3v) is 6.84. The molecule has 3 aromatic rings. The largest absolute Gasteiger partial charge is 0.379 e. The summed E-state index contributed by atoms with van der Waals surface area (Å²) in [6.45, 7) is 0.523. The highest BCUT2D eigenvalue weighted by Crippen LogP contribution is 2.52. The fraction of sp³-hybridized carbons (Fsp3) is 0.476. The Morgan fingerprint density at radius 1 is 1.29 bits per heavy atom. The van der Waals surface area contributed by atoms with Gasteiger partial charge in [-0.25, -0.2) is 22.7 Å². The zero-order valence-corrected chi connectivity index (χ0v) is 19.2. The zero-order chi connectivity index (χ0) is 24.8. The third kappa shape index (κ3) is 4.91. The van der Waals surface area contributed by atoms with E-state index in [1.807, 2.05) is 0 Å². The minimum Gasteiger partial charge on any atom is -0.379 e. The Morgan fingerprint density at radius 2 is 2.09 bits per heavy atom. The van der Waals surface area contributed by atoms with Gasteiger partial charge in [0.2, 0.25) is 12.4 Å². The number of alkyl halides is 2. The van der Waals surface area contributed by atoms with Crippen molar-refractivity contribution in [1.82, 2.24) is 19.6 Å². The summed E-state index contributed by atoms with van der Waals surface area (Å²) in [5, 5.41) is 7.44. The molecule has 0 amide bonds. The molecule has 10 nitrogen and oxygen atoms in total. The number of nitrogens with zero attached hydrogens (tertiary/aromatic N) is 4. The van der Waals surface area contributed by atoms with Crippen LogP contribution in [0.1, 0.15) is 24.8 Å². The van der Waals surface area contributed by atoms with Gasteiger partial charge in [0, 0.05) is 18.9 Å². The highest BCUT2D eigenvalue weighted by molar-refractivity contribution is 7.51. The predicted molar refractivity (Wildman–Crippen MR) is 118 cm³/mol. The van der Waals surface area contributed by atoms with Crippen molar-refractivity contribution in [3.63, 3.8) is 0 Å². The summed E-state index contributed by atoms with van der Waals surface area (Å²) in [5.74, 6) is -0.435. The Bertz CT molecular complexity index is 1260. The number of fused-ring (bicyclic) bond motifs is 1. The number of aromatic nitrogens is 4. The van der Waals surface area contributed by atoms with Gasteiger partial charge in [-0.15, -0.1) is 5.10 Å². The summed E-state index contributed by atoms with van der Waals surface area (Å²) >= 11 is 0. The number of rotatable bonds is 8. The SMILES string of the molecule is O=P(O)(O)CO[C@@H]1COCC[C@H]1Nc1ncc2c(F)cc(-c3ccc(C4(C(F)F)CC4)cn3)n2n1. The van der Waals surface area contributed by atoms with Gasteiger partial charge in [0.1, 0.15) is 18.0 Å². The van der Waals surface area contributed by atoms with Gasteiger partial charge in [0.05, 0.1) is 35.6 Å². The number of hydrogen-bond donors (Lipinski definition) is 3. The topological polar surface area (TPSA) is 131 Å². The van der Waals surface area contributed by atoms with Crippen molar-refractivity contribution in [1.29, 1.82) is 0 Å². The second-order valence-electron chi connectivity index (χ2n) is 8.76. The maximum absolute atomic E-state index is 14.6. The molecule has 5 rings (SSSR count). The molecule has 0 bridgehead atoms. The molecule has 0 aromatic carbocycles. The molecule has 1 aliphatic heterocycles. The van der Waals surface area contributed by atoms with Crippen LogP contribution in [-0.2, 0) is 19.5 Å². The smallest absolute Gasteiger partial charge is 0.350 e. The van der Waals surface area contributed by atoms with Crippen LogP contribution in [0.5, 0.6) is 0 Å². The summed E-state index contributed by atoms with van der Waals surface area (Å²) in [5.41, 5.74) is 0.0904. The van der Waals surface area contributed by atoms with Crippen LogP contribution in [0.2, 0.25) is 0 Å². The highest BCUT2D eigenvalue weighted by atomic mass is 31.2. The summed E-state index contributed by atoms with van der Waals surface area (Å²) in [6, 6.07) is 4.00. The Kier molecular flexibility index (Phi) is 6.30. The molecule has 1 saturated carbocycles. The van der Waals surface area contributed by atoms with Crippen LogP contribution in [0.4, 0.5) is 19.1 Å². The lowest BCUT2D eigenvalue weighted by atomic mass is 9.98. The van der Waals surface area contributed by atoms with Crippen LogP contribution in [0.25, 0.3) is 16.9 Å². The lowest BCUT2D eigenvalue weighted by molar-refractivity contribution is -0.0463. The molecule has 3 N–H and O–H groups in total. The quantitative estimate of drug-likeness (QED) is 0.389. The Balaban J connectivity index is 1.40. The van der Waals surface area contributed by atoms with E-state index >= 15 is 0 Å². The van der Waals surface area contributed by atoms with Crippen molar-refractivity contribution in [2.24, 2.45) is 0 Å². The Morgan fingerprint density at radius 3 is 2.74 bits per heavy atom. The summed E-state index contributed by atoms with van der Waals surface area (Å²) in [4.78, 5) is 26.6. The maximum atomic E-state index is 14.6. The van der Waals surface area contributed by atoms with Crippen molar-refractivity contribution in [3.05, 3.63) is 42.0 Å². The molecule has 2 atom stereocenters. The van der Waals surface area contributed by atoms with Crippen LogP contribution in [0, 0.1) is 5.82 Å². The molecule has 1 aliphatic carbocycles. The molecule has 4 heterocycles. The standard InChI is InChI=1S/C21H23F3N5O5P/c22-13-7-16(14-2-1-12(8-25-14)21(4-5-21)19(23)24)29-17(13)9-26-20(28-29)27-15-3-6-33-10-18(15)34-11-35(30,31)32/h1-2,7-9,15,18-19H,3-6,10-11H2,(H,27,28)(H2,30,31,32)/t15-,18-/m1/s1. The van der Waals surface area contributed by atoms with Crippen LogP contribution in [0.3, 0.4) is 0 Å². The van der Waals surface area contributed by atoms with E-state index in [0.717, 1.165) is 0 Å². The minimum absolute atomic E-state index is 0.101. The number of anilines is 1. The van der Waals surface area contributed by atoms with Gasteiger partial charge in [0.25, 0.3) is 0 Å². The number of pyridine rings is 1. The van der Waals surface area contributed by atoms with Crippen molar-refractivity contribution >= 4 is 19.1 Å². The van der Waals surface area contributed by atoms with E-state index in [9.17, 15) is 17.7 Å². The fourth-order valence-corrected chi connectivity index (χ4v) is 4.59. The number of halogens is 3. The first-order valence-electron chi connectivity index (χ1n) is 11.0. The normalized spacial score (nSPS) is 22.0. The van der Waals surface area contributed by atoms with Gasteiger partial charge < -0.3 is 24.6 Å². The van der Waals surface area contributed by atoms with Crippen LogP contribution in [-0.4, -0.2) is 67.5 Å². The molecule has 0 spiro atoms. The first-order valence-corrected chi connectivity index (χ1v) is 12.8. The van der Waals surface area contributed by atoms with Crippen molar-refractivity contribution in [2.45, 2.75) is 43.2 Å². The average molecular weight is 513 g/mol. The van der Waals surface area contributed by atoms with E-state index in [4.69, 9.17) is 19.3 Å². The van der Waals surface area contributed by atoms with Gasteiger partial charge in [0.15, 0.2) is 5.82 Å². The lowest BCUT2D eigenvalue weighted by Crippen LogP contribution is -2.44. The van der Waals surface area contributed by atoms with Gasteiger partial charge in [-0.3, -0.25) is 9.55 Å². The molecular weight excluding hydrogens is 490 g/mol. The van der Waals surface area contributed by atoms with Crippen molar-refractivity contribution < 1.29 is 37.0 Å². The summed E-state index contributed by atoms with van der Waals surface area (Å²) in [7, 11) is -4.36. The number of nitrogens with one attached hydrogen (secondary N) is 1. The molecule has 35 heavy (non-hydrogen) atoms. The zero-order valence-electron chi connectivity index (χ0n) is 18.4. The van der Waals surface area contributed by atoms with Gasteiger partial charge in [-0.05, 0) is 30.9 Å². The molecule has 14 heteroatoms. The molecule has 2 fully saturated rings. The summed E-state index contributed by atoms with van der Waals surface area (Å²) < 4.78 is 64.6. The Hall–Kier alpha value is -2.57. The average Bonchev–Trinajstić information content (AvgIpc) is 3.58. The number of ether oxygens (including phenoxy) is 2. The van der Waals surface area contributed by atoms with Gasteiger partial charge in [-0.1, -0.05) is 6.07 Å². The lowest BCUT2D eigenvalue weighted by Gasteiger charge is -2.32. The molecule has 188 valence electrons. The van der Waals surface area contributed by atoms with E-state index in [-0.39, 0.29) is 18.1 Å². The van der Waals surface area contributed by atoms with E-state index in [2.05, 4.69) is 20.4 Å². The predicted octanol–water partition coefficient (Wildman–Crippen LogP) is 2.95. The second-order valence-corrected chi connectivity index (χ2v) is 10.3. The van der Waals surface area contributed by atoms with Gasteiger partial charge >= 0.3 is 7.60 Å². The summed E-state index contributed by atoms with van der Waals surface area (Å²) in [6.07, 6.45) is 0.0950. The molecule has 0 radical (unpaired) electrons. The molecule has 2 aliphatic rings. The van der Waals surface area contributed by atoms with E-state index in [1.54, 1.807) is 12.1 Å². The van der Waals surface area contributed by atoms with E-state index in [0.29, 0.717) is 42.8 Å². The molecular formula is C21H23F3N5O5P. The van der Waals surface area contributed by atoms with Crippen molar-refractivity contribution in [3.8, 4) is 11.4 Å². The first-order chi connectivity index (χ1) is 16.7. The monoisotopic (exact) mass is 513 g/mol. The minimum atomic E-state index is -4.36. The van der Waals surface area contributed by atoms with E-state index < -0.39 is 43.7 Å². The van der Waals surface area contributed by atoms with Gasteiger partial charge in [-0.2, -0.15) is 0 Å². The van der Waals surface area contributed by atoms with Crippen LogP contribution >= 0.6 is 7.60 Å². The Labute approximate surface area is 197 Å². The second kappa shape index (κ2) is 9.14. The fourth-order valence-electron chi connectivity index (χ4n) is 4.21. The highest BCUT2D eigenvalue weighted by Gasteiger charge is 2.52. The first kappa shape index (κ1) is 24.1. The molecule has 1 saturated heterocycles. The van der Waals surface area contributed by atoms with Crippen LogP contribution < -0.4 is 5.32 Å². The molecule has 0 unspecified atom stereocenters.